The minimum atomic E-state index is -0.383. The summed E-state index contributed by atoms with van der Waals surface area (Å²) in [6, 6.07) is 7.44. The van der Waals surface area contributed by atoms with Crippen molar-refractivity contribution < 1.29 is 4.79 Å². The van der Waals surface area contributed by atoms with Crippen LogP contribution in [0, 0.1) is 0 Å². The van der Waals surface area contributed by atoms with Gasteiger partial charge < -0.3 is 10.2 Å². The first-order chi connectivity index (χ1) is 12.3. The van der Waals surface area contributed by atoms with Crippen molar-refractivity contribution in [3.8, 4) is 0 Å². The van der Waals surface area contributed by atoms with Crippen LogP contribution in [0.25, 0.3) is 0 Å². The van der Waals surface area contributed by atoms with E-state index < -0.39 is 0 Å². The maximum Gasteiger partial charge on any atom is 0.246 e. The standard InChI is InChI=1S/C17H18N6OS/c24-16(18-8-5-14-3-1-10-25-14)15-12-22(17-19-6-2-7-20-17)11-13-4-9-21-23(13)15/h1-4,6-7,9-10,15H,5,8,11-12H2,(H,18,24)/t15-/m0/s1. The van der Waals surface area contributed by atoms with Gasteiger partial charge >= 0.3 is 0 Å². The van der Waals surface area contributed by atoms with E-state index in [1.807, 2.05) is 22.4 Å². The first-order valence-electron chi connectivity index (χ1n) is 8.16. The molecule has 1 aliphatic heterocycles. The number of nitrogens with one attached hydrogen (secondary N) is 1. The summed E-state index contributed by atoms with van der Waals surface area (Å²) < 4.78 is 1.81. The van der Waals surface area contributed by atoms with Gasteiger partial charge in [0.25, 0.3) is 0 Å². The Morgan fingerprint density at radius 2 is 2.12 bits per heavy atom. The van der Waals surface area contributed by atoms with Gasteiger partial charge in [-0.15, -0.1) is 11.3 Å². The maximum atomic E-state index is 12.7. The molecule has 0 saturated heterocycles. The summed E-state index contributed by atoms with van der Waals surface area (Å²) in [6.45, 7) is 1.76. The molecule has 3 aromatic rings. The van der Waals surface area contributed by atoms with Crippen molar-refractivity contribution in [2.45, 2.75) is 19.0 Å². The highest BCUT2D eigenvalue weighted by atomic mass is 32.1. The Morgan fingerprint density at radius 3 is 2.92 bits per heavy atom. The van der Waals surface area contributed by atoms with Crippen LogP contribution in [0.3, 0.4) is 0 Å². The number of carbonyl (C=O) groups excluding carboxylic acids is 1. The molecule has 7 nitrogen and oxygen atoms in total. The normalized spacial score (nSPS) is 16.5. The van der Waals surface area contributed by atoms with Crippen LogP contribution in [0.4, 0.5) is 5.95 Å². The maximum absolute atomic E-state index is 12.7. The molecule has 0 saturated carbocycles. The third-order valence-electron chi connectivity index (χ3n) is 4.18. The Bertz CT molecular complexity index is 832. The Morgan fingerprint density at radius 1 is 1.24 bits per heavy atom. The molecule has 4 heterocycles. The van der Waals surface area contributed by atoms with Gasteiger partial charge in [-0.25, -0.2) is 9.97 Å². The second-order valence-electron chi connectivity index (χ2n) is 5.83. The minimum absolute atomic E-state index is 0.0258. The lowest BCUT2D eigenvalue weighted by molar-refractivity contribution is -0.124. The quantitative estimate of drug-likeness (QED) is 0.754. The average Bonchev–Trinajstić information content (AvgIpc) is 3.33. The molecule has 0 radical (unpaired) electrons. The van der Waals surface area contributed by atoms with E-state index in [0.717, 1.165) is 12.1 Å². The third kappa shape index (κ3) is 3.39. The zero-order chi connectivity index (χ0) is 17.1. The number of hydrogen-bond donors (Lipinski definition) is 1. The zero-order valence-corrected chi connectivity index (χ0v) is 14.4. The lowest BCUT2D eigenvalue weighted by atomic mass is 10.2. The van der Waals surface area contributed by atoms with Crippen molar-refractivity contribution in [1.82, 2.24) is 25.1 Å². The molecule has 0 unspecified atom stereocenters. The number of nitrogens with zero attached hydrogens (tertiary/aromatic N) is 5. The second-order valence-corrected chi connectivity index (χ2v) is 6.86. The lowest BCUT2D eigenvalue weighted by Crippen LogP contribution is -2.46. The van der Waals surface area contributed by atoms with Crippen LogP contribution in [0.5, 0.6) is 0 Å². The number of anilines is 1. The Balaban J connectivity index is 1.47. The molecule has 0 aliphatic carbocycles. The Labute approximate surface area is 149 Å². The minimum Gasteiger partial charge on any atom is -0.354 e. The van der Waals surface area contributed by atoms with Crippen LogP contribution in [0.2, 0.25) is 0 Å². The van der Waals surface area contributed by atoms with Crippen LogP contribution in [-0.4, -0.2) is 38.7 Å². The van der Waals surface area contributed by atoms with E-state index in [1.54, 1.807) is 40.7 Å². The van der Waals surface area contributed by atoms with Crippen LogP contribution >= 0.6 is 11.3 Å². The first-order valence-corrected chi connectivity index (χ1v) is 9.03. The highest BCUT2D eigenvalue weighted by molar-refractivity contribution is 7.09. The molecule has 1 aliphatic rings. The number of carbonyl (C=O) groups is 1. The van der Waals surface area contributed by atoms with Crippen LogP contribution in [0.1, 0.15) is 16.6 Å². The molecule has 0 bridgehead atoms. The van der Waals surface area contributed by atoms with Crippen molar-refractivity contribution in [2.75, 3.05) is 18.0 Å². The number of aromatic nitrogens is 4. The highest BCUT2D eigenvalue weighted by Gasteiger charge is 2.31. The SMILES string of the molecule is O=C(NCCc1cccs1)[C@@H]1CN(c2ncccn2)Cc2ccnn21. The van der Waals surface area contributed by atoms with Gasteiger partial charge in [0, 0.05) is 30.0 Å². The fourth-order valence-electron chi connectivity index (χ4n) is 2.98. The van der Waals surface area contributed by atoms with E-state index in [4.69, 9.17) is 0 Å². The highest BCUT2D eigenvalue weighted by Crippen LogP contribution is 2.23. The van der Waals surface area contributed by atoms with Crippen LogP contribution in [0.15, 0.2) is 48.2 Å². The average molecular weight is 354 g/mol. The molecule has 3 aromatic heterocycles. The Hall–Kier alpha value is -2.74. The number of thiophene rings is 1. The largest absolute Gasteiger partial charge is 0.354 e. The smallest absolute Gasteiger partial charge is 0.246 e. The van der Waals surface area contributed by atoms with Gasteiger partial charge in [0.1, 0.15) is 6.04 Å². The summed E-state index contributed by atoms with van der Waals surface area (Å²) in [5.41, 5.74) is 0.983. The topological polar surface area (TPSA) is 75.9 Å². The summed E-state index contributed by atoms with van der Waals surface area (Å²) >= 11 is 1.70. The molecule has 0 aromatic carbocycles. The van der Waals surface area contributed by atoms with Crippen molar-refractivity contribution in [3.05, 3.63) is 58.8 Å². The van der Waals surface area contributed by atoms with Crippen LogP contribution in [-0.2, 0) is 17.8 Å². The molecule has 1 amide bonds. The molecule has 1 N–H and O–H groups in total. The summed E-state index contributed by atoms with van der Waals surface area (Å²) in [6.07, 6.45) is 6.00. The van der Waals surface area contributed by atoms with Gasteiger partial charge in [-0.1, -0.05) is 6.07 Å². The van der Waals surface area contributed by atoms with Gasteiger partial charge in [-0.3, -0.25) is 9.48 Å². The van der Waals surface area contributed by atoms with Gasteiger partial charge in [0.15, 0.2) is 0 Å². The number of rotatable bonds is 5. The molecular formula is C17H18N6OS. The lowest BCUT2D eigenvalue weighted by Gasteiger charge is -2.33. The summed E-state index contributed by atoms with van der Waals surface area (Å²) in [4.78, 5) is 24.6. The third-order valence-corrected chi connectivity index (χ3v) is 5.12. The van der Waals surface area contributed by atoms with E-state index in [9.17, 15) is 4.79 Å². The predicted octanol–water partition coefficient (Wildman–Crippen LogP) is 1.65. The molecule has 1 atom stereocenters. The Kier molecular flexibility index (Phi) is 4.43. The van der Waals surface area contributed by atoms with E-state index in [1.165, 1.54) is 4.88 Å². The van der Waals surface area contributed by atoms with Gasteiger partial charge in [-0.05, 0) is 30.0 Å². The van der Waals surface area contributed by atoms with Crippen molar-refractivity contribution in [2.24, 2.45) is 0 Å². The molecule has 8 heteroatoms. The number of fused-ring (bicyclic) bond motifs is 1. The molecular weight excluding hydrogens is 336 g/mol. The van der Waals surface area contributed by atoms with Crippen molar-refractivity contribution >= 4 is 23.2 Å². The molecule has 25 heavy (non-hydrogen) atoms. The molecule has 0 fully saturated rings. The fourth-order valence-corrected chi connectivity index (χ4v) is 3.69. The van der Waals surface area contributed by atoms with Crippen molar-refractivity contribution in [3.63, 3.8) is 0 Å². The van der Waals surface area contributed by atoms with Gasteiger partial charge in [0.2, 0.25) is 11.9 Å². The molecule has 0 spiro atoms. The summed E-state index contributed by atoms with van der Waals surface area (Å²) in [5, 5.41) is 9.42. The number of hydrogen-bond acceptors (Lipinski definition) is 6. The van der Waals surface area contributed by atoms with Crippen molar-refractivity contribution in [1.29, 1.82) is 0 Å². The van der Waals surface area contributed by atoms with E-state index in [-0.39, 0.29) is 11.9 Å². The monoisotopic (exact) mass is 354 g/mol. The van der Waals surface area contributed by atoms with E-state index in [0.29, 0.717) is 25.6 Å². The van der Waals surface area contributed by atoms with Gasteiger partial charge in [-0.2, -0.15) is 5.10 Å². The first kappa shape index (κ1) is 15.8. The summed E-state index contributed by atoms with van der Waals surface area (Å²) in [7, 11) is 0. The fraction of sp³-hybridized carbons (Fsp3) is 0.294. The van der Waals surface area contributed by atoms with E-state index in [2.05, 4.69) is 26.4 Å². The molecule has 128 valence electrons. The zero-order valence-electron chi connectivity index (χ0n) is 13.6. The van der Waals surface area contributed by atoms with Crippen LogP contribution < -0.4 is 10.2 Å². The second kappa shape index (κ2) is 7.02. The van der Waals surface area contributed by atoms with Gasteiger partial charge in [0.05, 0.1) is 18.8 Å². The predicted molar refractivity (Wildman–Crippen MR) is 95.4 cm³/mol. The summed E-state index contributed by atoms with van der Waals surface area (Å²) in [5.74, 6) is 0.605. The van der Waals surface area contributed by atoms with E-state index >= 15 is 0 Å². The number of amides is 1. The molecule has 4 rings (SSSR count).